The van der Waals surface area contributed by atoms with E-state index in [2.05, 4.69) is 0 Å². The Labute approximate surface area is 115 Å². The van der Waals surface area contributed by atoms with Crippen LogP contribution in [0.25, 0.3) is 6.08 Å². The molecule has 0 spiro atoms. The van der Waals surface area contributed by atoms with E-state index in [0.717, 1.165) is 6.08 Å². The van der Waals surface area contributed by atoms with Gasteiger partial charge in [-0.05, 0) is 29.3 Å². The predicted molar refractivity (Wildman–Crippen MR) is 69.6 cm³/mol. The first-order valence-electron chi connectivity index (χ1n) is 5.72. The van der Waals surface area contributed by atoms with Gasteiger partial charge in [-0.15, -0.1) is 0 Å². The number of rotatable bonds is 6. The zero-order valence-electron chi connectivity index (χ0n) is 10.6. The first kappa shape index (κ1) is 15.4. The van der Waals surface area contributed by atoms with E-state index in [9.17, 15) is 9.18 Å². The Morgan fingerprint density at radius 2 is 1.95 bits per heavy atom. The van der Waals surface area contributed by atoms with Crippen LogP contribution in [0.5, 0.6) is 0 Å². The largest absolute Gasteiger partial charge is 0.478 e. The van der Waals surface area contributed by atoms with Crippen LogP contribution in [-0.4, -0.2) is 29.1 Å². The Kier molecular flexibility index (Phi) is 5.89. The van der Waals surface area contributed by atoms with Crippen LogP contribution in [-0.2, 0) is 11.3 Å². The van der Waals surface area contributed by atoms with Gasteiger partial charge >= 0.3 is 5.97 Å². The standard InChI is InChI=1S/C14H12FN3O2/c15-13-8-11(1-2-14(19)20)7-12(9-13)10-18(5-3-16)6-4-17/h1-2,7-9H,5-6,10H2,(H,19,20). The second-order valence-electron chi connectivity index (χ2n) is 4.03. The highest BCUT2D eigenvalue weighted by atomic mass is 19.1. The maximum absolute atomic E-state index is 13.4. The molecular formula is C14H12FN3O2. The number of carboxylic acid groups (broad SMARTS) is 1. The van der Waals surface area contributed by atoms with Crippen molar-refractivity contribution >= 4 is 12.0 Å². The van der Waals surface area contributed by atoms with Gasteiger partial charge in [-0.2, -0.15) is 10.5 Å². The zero-order valence-corrected chi connectivity index (χ0v) is 10.6. The molecule has 0 amide bonds. The molecule has 0 aliphatic carbocycles. The Balaban J connectivity index is 2.92. The van der Waals surface area contributed by atoms with Crippen LogP contribution in [0.1, 0.15) is 11.1 Å². The highest BCUT2D eigenvalue weighted by Crippen LogP contribution is 2.13. The summed E-state index contributed by atoms with van der Waals surface area (Å²) in [5, 5.41) is 25.8. The van der Waals surface area contributed by atoms with E-state index in [-0.39, 0.29) is 19.6 Å². The summed E-state index contributed by atoms with van der Waals surface area (Å²) in [4.78, 5) is 12.0. The van der Waals surface area contributed by atoms with Gasteiger partial charge in [-0.1, -0.05) is 6.07 Å². The second kappa shape index (κ2) is 7.67. The summed E-state index contributed by atoms with van der Waals surface area (Å²) < 4.78 is 13.4. The minimum atomic E-state index is -1.12. The Morgan fingerprint density at radius 3 is 2.50 bits per heavy atom. The van der Waals surface area contributed by atoms with E-state index in [1.807, 2.05) is 12.1 Å². The molecule has 0 aromatic heterocycles. The number of hydrogen-bond donors (Lipinski definition) is 1. The molecule has 20 heavy (non-hydrogen) atoms. The summed E-state index contributed by atoms with van der Waals surface area (Å²) in [5.74, 6) is -1.62. The molecule has 0 aliphatic rings. The molecule has 0 bridgehead atoms. The maximum Gasteiger partial charge on any atom is 0.328 e. The number of hydrogen-bond acceptors (Lipinski definition) is 4. The molecule has 1 N–H and O–H groups in total. The number of nitriles is 2. The van der Waals surface area contributed by atoms with E-state index in [1.54, 1.807) is 11.0 Å². The second-order valence-corrected chi connectivity index (χ2v) is 4.03. The lowest BCUT2D eigenvalue weighted by Gasteiger charge is -2.15. The van der Waals surface area contributed by atoms with Crippen molar-refractivity contribution in [2.45, 2.75) is 6.54 Å². The molecule has 6 heteroatoms. The first-order chi connectivity index (χ1) is 9.55. The Hall–Kier alpha value is -2.70. The first-order valence-corrected chi connectivity index (χ1v) is 5.72. The number of aliphatic carboxylic acids is 1. The number of carbonyl (C=O) groups is 1. The molecule has 1 aromatic carbocycles. The minimum absolute atomic E-state index is 0.0599. The van der Waals surface area contributed by atoms with E-state index in [0.29, 0.717) is 11.1 Å². The van der Waals surface area contributed by atoms with Gasteiger partial charge in [-0.25, -0.2) is 9.18 Å². The molecule has 0 aliphatic heterocycles. The predicted octanol–water partition coefficient (Wildman–Crippen LogP) is 1.77. The molecule has 0 atom stereocenters. The average molecular weight is 273 g/mol. The summed E-state index contributed by atoms with van der Waals surface area (Å²) in [6, 6.07) is 7.98. The molecule has 0 unspecified atom stereocenters. The molecule has 0 fully saturated rings. The summed E-state index contributed by atoms with van der Waals surface area (Å²) in [6.07, 6.45) is 2.20. The van der Waals surface area contributed by atoms with Crippen LogP contribution in [0.3, 0.4) is 0 Å². The molecule has 0 heterocycles. The average Bonchev–Trinajstić information content (AvgIpc) is 2.36. The van der Waals surface area contributed by atoms with Crippen LogP contribution in [0.15, 0.2) is 24.3 Å². The summed E-state index contributed by atoms with van der Waals surface area (Å²) in [6.45, 7) is 0.363. The summed E-state index contributed by atoms with van der Waals surface area (Å²) in [7, 11) is 0. The lowest BCUT2D eigenvalue weighted by Crippen LogP contribution is -2.24. The highest BCUT2D eigenvalue weighted by molar-refractivity contribution is 5.85. The Bertz CT molecular complexity index is 583. The quantitative estimate of drug-likeness (QED) is 0.630. The van der Waals surface area contributed by atoms with Crippen LogP contribution in [0.2, 0.25) is 0 Å². The van der Waals surface area contributed by atoms with E-state index in [4.69, 9.17) is 15.6 Å². The van der Waals surface area contributed by atoms with Crippen LogP contribution in [0.4, 0.5) is 4.39 Å². The van der Waals surface area contributed by atoms with Crippen molar-refractivity contribution in [2.24, 2.45) is 0 Å². The third-order valence-corrected chi connectivity index (χ3v) is 2.39. The molecule has 1 aromatic rings. The summed E-state index contributed by atoms with van der Waals surface area (Å²) >= 11 is 0. The summed E-state index contributed by atoms with van der Waals surface area (Å²) in [5.41, 5.74) is 0.983. The maximum atomic E-state index is 13.4. The number of halogens is 1. The molecule has 5 nitrogen and oxygen atoms in total. The fraction of sp³-hybridized carbons (Fsp3) is 0.214. The highest BCUT2D eigenvalue weighted by Gasteiger charge is 2.07. The van der Waals surface area contributed by atoms with Gasteiger partial charge < -0.3 is 5.11 Å². The van der Waals surface area contributed by atoms with Crippen molar-refractivity contribution in [3.05, 3.63) is 41.2 Å². The van der Waals surface area contributed by atoms with E-state index < -0.39 is 11.8 Å². The van der Waals surface area contributed by atoms with Crippen molar-refractivity contribution in [3.63, 3.8) is 0 Å². The van der Waals surface area contributed by atoms with Crippen LogP contribution < -0.4 is 0 Å². The van der Waals surface area contributed by atoms with Crippen molar-refractivity contribution in [1.29, 1.82) is 10.5 Å². The lowest BCUT2D eigenvalue weighted by atomic mass is 10.1. The van der Waals surface area contributed by atoms with Crippen molar-refractivity contribution in [1.82, 2.24) is 4.90 Å². The number of nitrogens with zero attached hydrogens (tertiary/aromatic N) is 3. The van der Waals surface area contributed by atoms with Crippen LogP contribution >= 0.6 is 0 Å². The van der Waals surface area contributed by atoms with Crippen molar-refractivity contribution < 1.29 is 14.3 Å². The molecule has 0 radical (unpaired) electrons. The monoisotopic (exact) mass is 273 g/mol. The SMILES string of the molecule is N#CCN(CC#N)Cc1cc(F)cc(C=CC(=O)O)c1. The zero-order chi connectivity index (χ0) is 15.0. The van der Waals surface area contributed by atoms with Crippen molar-refractivity contribution in [2.75, 3.05) is 13.1 Å². The van der Waals surface area contributed by atoms with Crippen LogP contribution in [0, 0.1) is 28.5 Å². The normalized spacial score (nSPS) is 10.4. The molecule has 0 saturated heterocycles. The van der Waals surface area contributed by atoms with E-state index >= 15 is 0 Å². The van der Waals surface area contributed by atoms with Gasteiger partial charge in [0.15, 0.2) is 0 Å². The smallest absolute Gasteiger partial charge is 0.328 e. The molecule has 1 rings (SSSR count). The van der Waals surface area contributed by atoms with Gasteiger partial charge in [0.25, 0.3) is 0 Å². The van der Waals surface area contributed by atoms with Crippen molar-refractivity contribution in [3.8, 4) is 12.1 Å². The number of benzene rings is 1. The van der Waals surface area contributed by atoms with Gasteiger partial charge in [0.1, 0.15) is 5.82 Å². The van der Waals surface area contributed by atoms with Gasteiger partial charge in [0.2, 0.25) is 0 Å². The third-order valence-electron chi connectivity index (χ3n) is 2.39. The molecular weight excluding hydrogens is 261 g/mol. The van der Waals surface area contributed by atoms with Gasteiger partial charge in [-0.3, -0.25) is 4.90 Å². The number of carboxylic acids is 1. The third kappa shape index (κ3) is 5.30. The molecule has 0 saturated carbocycles. The van der Waals surface area contributed by atoms with E-state index in [1.165, 1.54) is 18.2 Å². The lowest BCUT2D eigenvalue weighted by molar-refractivity contribution is -0.131. The van der Waals surface area contributed by atoms with Gasteiger partial charge in [0.05, 0.1) is 25.2 Å². The fourth-order valence-electron chi connectivity index (χ4n) is 1.66. The minimum Gasteiger partial charge on any atom is -0.478 e. The molecule has 102 valence electrons. The topological polar surface area (TPSA) is 88.1 Å². The Morgan fingerprint density at radius 1 is 1.30 bits per heavy atom. The fourth-order valence-corrected chi connectivity index (χ4v) is 1.66. The van der Waals surface area contributed by atoms with Gasteiger partial charge in [0, 0.05) is 12.6 Å².